The Bertz CT molecular complexity index is 630. The van der Waals surface area contributed by atoms with E-state index in [0.29, 0.717) is 23.7 Å². The maximum atomic E-state index is 12.9. The van der Waals surface area contributed by atoms with Gasteiger partial charge in [0.2, 0.25) is 5.78 Å². The molecule has 0 bridgehead atoms. The SMILES string of the molecule is CC(=O)OCC(=O)[C@@]1(O)CCC2C3CC[C@H]4CCCCC4(C)C3CCC21C. The Labute approximate surface area is 163 Å². The van der Waals surface area contributed by atoms with Crippen LogP contribution in [0.25, 0.3) is 0 Å². The van der Waals surface area contributed by atoms with Crippen LogP contribution in [0.4, 0.5) is 0 Å². The molecule has 0 aliphatic heterocycles. The summed E-state index contributed by atoms with van der Waals surface area (Å²) in [6, 6.07) is 0. The van der Waals surface area contributed by atoms with Crippen molar-refractivity contribution >= 4 is 11.8 Å². The van der Waals surface area contributed by atoms with Crippen molar-refractivity contribution in [2.45, 2.75) is 90.6 Å². The number of rotatable bonds is 3. The van der Waals surface area contributed by atoms with E-state index in [1.165, 1.54) is 45.4 Å². The van der Waals surface area contributed by atoms with E-state index in [4.69, 9.17) is 4.74 Å². The lowest BCUT2D eigenvalue weighted by molar-refractivity contribution is -0.174. The second kappa shape index (κ2) is 6.57. The molecule has 0 heterocycles. The summed E-state index contributed by atoms with van der Waals surface area (Å²) in [5.74, 6) is 1.93. The smallest absolute Gasteiger partial charge is 0.303 e. The average Bonchev–Trinajstić information content (AvgIpc) is 2.91. The molecular formula is C23H36O4. The second-order valence-electron chi connectivity index (χ2n) is 10.5. The largest absolute Gasteiger partial charge is 0.458 e. The predicted octanol–water partition coefficient (Wildman–Crippen LogP) is 4.28. The van der Waals surface area contributed by atoms with Crippen LogP contribution >= 0.6 is 0 Å². The molecule has 0 aromatic heterocycles. The van der Waals surface area contributed by atoms with Crippen LogP contribution in [-0.2, 0) is 14.3 Å². The fraction of sp³-hybridized carbons (Fsp3) is 0.913. The first-order chi connectivity index (χ1) is 12.7. The van der Waals surface area contributed by atoms with Gasteiger partial charge in [0.15, 0.2) is 6.61 Å². The summed E-state index contributed by atoms with van der Waals surface area (Å²) in [6.07, 6.45) is 11.6. The summed E-state index contributed by atoms with van der Waals surface area (Å²) in [5, 5.41) is 11.5. The van der Waals surface area contributed by atoms with Gasteiger partial charge in [0, 0.05) is 12.3 Å². The first kappa shape index (κ1) is 19.4. The van der Waals surface area contributed by atoms with Gasteiger partial charge in [-0.25, -0.2) is 0 Å². The first-order valence-electron chi connectivity index (χ1n) is 11.1. The number of carbonyl (C=O) groups excluding carboxylic acids is 2. The minimum absolute atomic E-state index is 0.290. The molecule has 0 spiro atoms. The normalized spacial score (nSPS) is 48.9. The van der Waals surface area contributed by atoms with Crippen LogP contribution in [0.3, 0.4) is 0 Å². The fourth-order valence-corrected chi connectivity index (χ4v) is 8.06. The molecule has 152 valence electrons. The number of ether oxygens (including phenoxy) is 1. The molecule has 1 N–H and O–H groups in total. The van der Waals surface area contributed by atoms with Gasteiger partial charge < -0.3 is 9.84 Å². The summed E-state index contributed by atoms with van der Waals surface area (Å²) in [7, 11) is 0. The lowest BCUT2D eigenvalue weighted by Crippen LogP contribution is -2.59. The molecule has 0 radical (unpaired) electrons. The Morgan fingerprint density at radius 1 is 0.963 bits per heavy atom. The summed E-state index contributed by atoms with van der Waals surface area (Å²) in [4.78, 5) is 24.0. The molecule has 0 aromatic carbocycles. The van der Waals surface area contributed by atoms with E-state index < -0.39 is 11.6 Å². The van der Waals surface area contributed by atoms with Crippen LogP contribution in [0, 0.1) is 34.5 Å². The summed E-state index contributed by atoms with van der Waals surface area (Å²) in [6.45, 7) is 5.71. The number of hydrogen-bond acceptors (Lipinski definition) is 4. The molecule has 4 aliphatic rings. The van der Waals surface area contributed by atoms with Gasteiger partial charge in [-0.2, -0.15) is 0 Å². The van der Waals surface area contributed by atoms with Gasteiger partial charge in [-0.05, 0) is 80.5 Å². The van der Waals surface area contributed by atoms with E-state index in [1.54, 1.807) is 0 Å². The Kier molecular flexibility index (Phi) is 4.73. The molecule has 27 heavy (non-hydrogen) atoms. The molecule has 0 saturated heterocycles. The minimum atomic E-state index is -1.33. The van der Waals surface area contributed by atoms with Crippen LogP contribution in [0.2, 0.25) is 0 Å². The number of hydrogen-bond donors (Lipinski definition) is 1. The zero-order valence-corrected chi connectivity index (χ0v) is 17.3. The Balaban J connectivity index is 1.58. The van der Waals surface area contributed by atoms with Crippen molar-refractivity contribution in [1.29, 1.82) is 0 Å². The van der Waals surface area contributed by atoms with Crippen molar-refractivity contribution in [2.24, 2.45) is 34.5 Å². The predicted molar refractivity (Wildman–Crippen MR) is 103 cm³/mol. The number of fused-ring (bicyclic) bond motifs is 5. The highest BCUT2D eigenvalue weighted by molar-refractivity contribution is 5.90. The van der Waals surface area contributed by atoms with E-state index in [9.17, 15) is 14.7 Å². The highest BCUT2D eigenvalue weighted by atomic mass is 16.5. The molecule has 4 fully saturated rings. The van der Waals surface area contributed by atoms with E-state index >= 15 is 0 Å². The van der Waals surface area contributed by atoms with Crippen LogP contribution in [0.5, 0.6) is 0 Å². The van der Waals surface area contributed by atoms with Crippen molar-refractivity contribution < 1.29 is 19.4 Å². The van der Waals surface area contributed by atoms with Gasteiger partial charge in [-0.1, -0.05) is 26.7 Å². The Morgan fingerprint density at radius 3 is 2.44 bits per heavy atom. The van der Waals surface area contributed by atoms with Gasteiger partial charge in [0.05, 0.1) is 0 Å². The lowest BCUT2D eigenvalue weighted by atomic mass is 9.44. The van der Waals surface area contributed by atoms with E-state index in [2.05, 4.69) is 13.8 Å². The molecule has 4 aliphatic carbocycles. The highest BCUT2D eigenvalue weighted by Crippen LogP contribution is 2.68. The lowest BCUT2D eigenvalue weighted by Gasteiger charge is -2.61. The summed E-state index contributed by atoms with van der Waals surface area (Å²) >= 11 is 0. The van der Waals surface area contributed by atoms with Crippen LogP contribution < -0.4 is 0 Å². The molecule has 0 aromatic rings. The van der Waals surface area contributed by atoms with Crippen molar-refractivity contribution in [3.8, 4) is 0 Å². The van der Waals surface area contributed by atoms with Gasteiger partial charge in [-0.3, -0.25) is 9.59 Å². The van der Waals surface area contributed by atoms with Gasteiger partial charge >= 0.3 is 5.97 Å². The van der Waals surface area contributed by atoms with Crippen molar-refractivity contribution in [1.82, 2.24) is 0 Å². The van der Waals surface area contributed by atoms with E-state index in [-0.39, 0.29) is 17.8 Å². The number of carbonyl (C=O) groups is 2. The zero-order valence-electron chi connectivity index (χ0n) is 17.3. The summed E-state index contributed by atoms with van der Waals surface area (Å²) in [5.41, 5.74) is -1.24. The third-order valence-corrected chi connectivity index (χ3v) is 9.60. The number of Topliss-reactive ketones (excluding diaryl/α,β-unsaturated/α-hetero) is 1. The molecule has 4 heteroatoms. The number of aliphatic hydroxyl groups is 1. The quantitative estimate of drug-likeness (QED) is 0.747. The Hall–Kier alpha value is -0.900. The van der Waals surface area contributed by atoms with Crippen molar-refractivity contribution in [2.75, 3.05) is 6.61 Å². The molecule has 0 amide bonds. The molecule has 5 unspecified atom stereocenters. The van der Waals surface area contributed by atoms with Crippen LogP contribution in [0.15, 0.2) is 0 Å². The van der Waals surface area contributed by atoms with Crippen LogP contribution in [-0.4, -0.2) is 29.1 Å². The highest BCUT2D eigenvalue weighted by Gasteiger charge is 2.66. The number of ketones is 1. The maximum Gasteiger partial charge on any atom is 0.303 e. The molecule has 4 rings (SSSR count). The molecule has 7 atom stereocenters. The van der Waals surface area contributed by atoms with Crippen LogP contribution in [0.1, 0.15) is 85.0 Å². The van der Waals surface area contributed by atoms with Gasteiger partial charge in [-0.15, -0.1) is 0 Å². The zero-order chi connectivity index (χ0) is 19.4. The minimum Gasteiger partial charge on any atom is -0.458 e. The third-order valence-electron chi connectivity index (χ3n) is 9.60. The average molecular weight is 377 g/mol. The standard InChI is InChI=1S/C23H36O4/c1-15(24)27-14-20(25)23(26)13-10-19-17-8-7-16-6-4-5-11-21(16,2)18(17)9-12-22(19,23)3/h16-19,26H,4-14H2,1-3H3/t16-,17?,18?,19?,21?,22?,23+/m1/s1. The summed E-state index contributed by atoms with van der Waals surface area (Å²) < 4.78 is 4.95. The topological polar surface area (TPSA) is 63.6 Å². The Morgan fingerprint density at radius 2 is 1.70 bits per heavy atom. The fourth-order valence-electron chi connectivity index (χ4n) is 8.06. The number of esters is 1. The van der Waals surface area contributed by atoms with Gasteiger partial charge in [0.25, 0.3) is 0 Å². The van der Waals surface area contributed by atoms with Crippen molar-refractivity contribution in [3.63, 3.8) is 0 Å². The third kappa shape index (κ3) is 2.73. The molecule has 4 saturated carbocycles. The molecule has 4 nitrogen and oxygen atoms in total. The van der Waals surface area contributed by atoms with E-state index in [0.717, 1.165) is 31.1 Å². The van der Waals surface area contributed by atoms with Gasteiger partial charge in [0.1, 0.15) is 5.60 Å². The maximum absolute atomic E-state index is 12.9. The first-order valence-corrected chi connectivity index (χ1v) is 11.1. The monoisotopic (exact) mass is 376 g/mol. The molecular weight excluding hydrogens is 340 g/mol. The van der Waals surface area contributed by atoms with Crippen molar-refractivity contribution in [3.05, 3.63) is 0 Å². The second-order valence-corrected chi connectivity index (χ2v) is 10.5. The van der Waals surface area contributed by atoms with E-state index in [1.807, 2.05) is 0 Å².